The molecule has 1 heterocycles. The summed E-state index contributed by atoms with van der Waals surface area (Å²) in [6, 6.07) is 1.15. The van der Waals surface area contributed by atoms with E-state index in [9.17, 15) is 4.79 Å². The molecule has 1 aliphatic heterocycles. The summed E-state index contributed by atoms with van der Waals surface area (Å²) < 4.78 is 0. The largest absolute Gasteiger partial charge is 0.336 e. The molecule has 0 spiro atoms. The fourth-order valence-corrected chi connectivity index (χ4v) is 4.12. The first-order valence-corrected chi connectivity index (χ1v) is 8.82. The number of amides is 1. The number of nitrogens with zero attached hydrogens (tertiary/aromatic N) is 1. The van der Waals surface area contributed by atoms with Crippen LogP contribution in [0.25, 0.3) is 0 Å². The average molecular weight is 278 g/mol. The van der Waals surface area contributed by atoms with Gasteiger partial charge in [-0.3, -0.25) is 4.79 Å². The molecule has 3 nitrogen and oxygen atoms in total. The van der Waals surface area contributed by atoms with Crippen molar-refractivity contribution >= 4 is 5.91 Å². The molecule has 3 rings (SSSR count). The van der Waals surface area contributed by atoms with Gasteiger partial charge in [0.25, 0.3) is 0 Å². The Balaban J connectivity index is 1.62. The number of nitrogens with one attached hydrogen (secondary N) is 1. The highest BCUT2D eigenvalue weighted by Crippen LogP contribution is 2.37. The monoisotopic (exact) mass is 278 g/mol. The van der Waals surface area contributed by atoms with Crippen LogP contribution in [0.2, 0.25) is 0 Å². The molecule has 0 aromatic carbocycles. The van der Waals surface area contributed by atoms with E-state index < -0.39 is 0 Å². The van der Waals surface area contributed by atoms with Crippen LogP contribution in [0.3, 0.4) is 0 Å². The van der Waals surface area contributed by atoms with Gasteiger partial charge >= 0.3 is 0 Å². The van der Waals surface area contributed by atoms with Gasteiger partial charge in [0, 0.05) is 18.6 Å². The van der Waals surface area contributed by atoms with E-state index in [-0.39, 0.29) is 5.92 Å². The molecule has 3 aliphatic rings. The summed E-state index contributed by atoms with van der Waals surface area (Å²) in [6.07, 6.45) is 11.2. The van der Waals surface area contributed by atoms with E-state index in [2.05, 4.69) is 17.1 Å². The van der Waals surface area contributed by atoms with Crippen LogP contribution in [0.15, 0.2) is 0 Å². The Bertz CT molecular complexity index is 326. The lowest BCUT2D eigenvalue weighted by atomic mass is 9.83. The molecule has 2 saturated carbocycles. The fraction of sp³-hybridized carbons (Fsp3) is 0.941. The summed E-state index contributed by atoms with van der Waals surface area (Å²) in [6.45, 7) is 4.31. The molecule has 1 N–H and O–H groups in total. The number of carbonyl (C=O) groups is 1. The van der Waals surface area contributed by atoms with Gasteiger partial charge in [-0.05, 0) is 63.8 Å². The Morgan fingerprint density at radius 1 is 1.05 bits per heavy atom. The van der Waals surface area contributed by atoms with Crippen molar-refractivity contribution in [1.82, 2.24) is 10.2 Å². The summed E-state index contributed by atoms with van der Waals surface area (Å²) >= 11 is 0. The van der Waals surface area contributed by atoms with Gasteiger partial charge in [-0.2, -0.15) is 0 Å². The fourth-order valence-electron chi connectivity index (χ4n) is 4.12. The first-order chi connectivity index (χ1) is 9.79. The highest BCUT2D eigenvalue weighted by molar-refractivity contribution is 5.80. The predicted molar refractivity (Wildman–Crippen MR) is 81.5 cm³/mol. The Labute approximate surface area is 123 Å². The third-order valence-electron chi connectivity index (χ3n) is 5.63. The normalized spacial score (nSPS) is 34.8. The minimum absolute atomic E-state index is 0.258. The van der Waals surface area contributed by atoms with Gasteiger partial charge in [0.2, 0.25) is 5.91 Å². The maximum Gasteiger partial charge on any atom is 0.227 e. The van der Waals surface area contributed by atoms with Gasteiger partial charge in [-0.25, -0.2) is 0 Å². The zero-order valence-corrected chi connectivity index (χ0v) is 12.9. The Morgan fingerprint density at radius 3 is 2.20 bits per heavy atom. The Kier molecular flexibility index (Phi) is 4.65. The lowest BCUT2D eigenvalue weighted by Gasteiger charge is -2.39. The second-order valence-corrected chi connectivity index (χ2v) is 7.10. The van der Waals surface area contributed by atoms with Crippen LogP contribution in [0.1, 0.15) is 64.7 Å². The van der Waals surface area contributed by atoms with E-state index in [0.717, 1.165) is 31.8 Å². The van der Waals surface area contributed by atoms with E-state index in [4.69, 9.17) is 0 Å². The van der Waals surface area contributed by atoms with Gasteiger partial charge < -0.3 is 10.2 Å². The molecule has 1 atom stereocenters. The molecule has 0 aromatic heterocycles. The summed E-state index contributed by atoms with van der Waals surface area (Å²) in [4.78, 5) is 15.3. The molecule has 0 bridgehead atoms. The Morgan fingerprint density at radius 2 is 1.70 bits per heavy atom. The van der Waals surface area contributed by atoms with Crippen molar-refractivity contribution in [2.45, 2.75) is 76.8 Å². The molecule has 3 heteroatoms. The molecule has 1 amide bonds. The number of hydrogen-bond acceptors (Lipinski definition) is 2. The quantitative estimate of drug-likeness (QED) is 0.857. The van der Waals surface area contributed by atoms with E-state index in [1.54, 1.807) is 0 Å². The highest BCUT2D eigenvalue weighted by Gasteiger charge is 2.40. The lowest BCUT2D eigenvalue weighted by Crippen LogP contribution is -2.49. The molecule has 0 radical (unpaired) electrons. The van der Waals surface area contributed by atoms with Gasteiger partial charge in [0.15, 0.2) is 0 Å². The third-order valence-corrected chi connectivity index (χ3v) is 5.63. The maximum absolute atomic E-state index is 12.9. The molecule has 1 unspecified atom stereocenters. The number of rotatable bonds is 4. The second kappa shape index (κ2) is 6.46. The summed E-state index contributed by atoms with van der Waals surface area (Å²) in [7, 11) is 0. The lowest BCUT2D eigenvalue weighted by molar-refractivity contribution is -0.140. The van der Waals surface area contributed by atoms with Gasteiger partial charge in [-0.15, -0.1) is 0 Å². The summed E-state index contributed by atoms with van der Waals surface area (Å²) in [5.74, 6) is 1.65. The standard InChI is InChI=1S/C17H30N2O/c1-2-13-5-7-15(8-6-13)19(16-9-10-16)17(20)14-4-3-11-18-12-14/h13-16,18H,2-12H2,1H3. The first kappa shape index (κ1) is 14.4. The van der Waals surface area contributed by atoms with Crippen LogP contribution in [0.5, 0.6) is 0 Å². The SMILES string of the molecule is CCC1CCC(N(C(=O)C2CCCNC2)C2CC2)CC1. The van der Waals surface area contributed by atoms with Crippen molar-refractivity contribution in [3.63, 3.8) is 0 Å². The van der Waals surface area contributed by atoms with Gasteiger partial charge in [-0.1, -0.05) is 13.3 Å². The predicted octanol–water partition coefficient (Wildman–Crippen LogP) is 2.95. The van der Waals surface area contributed by atoms with Crippen molar-refractivity contribution in [2.24, 2.45) is 11.8 Å². The number of hydrogen-bond donors (Lipinski definition) is 1. The van der Waals surface area contributed by atoms with E-state index >= 15 is 0 Å². The van der Waals surface area contributed by atoms with Crippen LogP contribution in [-0.4, -0.2) is 36.0 Å². The van der Waals surface area contributed by atoms with Crippen molar-refractivity contribution in [1.29, 1.82) is 0 Å². The van der Waals surface area contributed by atoms with E-state index in [0.29, 0.717) is 18.0 Å². The molecule has 0 aromatic rings. The number of carbonyl (C=O) groups excluding carboxylic acids is 1. The molecule has 114 valence electrons. The van der Waals surface area contributed by atoms with Gasteiger partial charge in [0.05, 0.1) is 5.92 Å². The van der Waals surface area contributed by atoms with Crippen molar-refractivity contribution < 1.29 is 4.79 Å². The van der Waals surface area contributed by atoms with Gasteiger partial charge in [0.1, 0.15) is 0 Å². The topological polar surface area (TPSA) is 32.3 Å². The molecule has 20 heavy (non-hydrogen) atoms. The summed E-state index contributed by atoms with van der Waals surface area (Å²) in [5.41, 5.74) is 0. The smallest absolute Gasteiger partial charge is 0.227 e. The Hall–Kier alpha value is -0.570. The second-order valence-electron chi connectivity index (χ2n) is 7.10. The van der Waals surface area contributed by atoms with Crippen LogP contribution in [0, 0.1) is 11.8 Å². The molecular formula is C17H30N2O. The minimum Gasteiger partial charge on any atom is -0.336 e. The molecule has 1 saturated heterocycles. The van der Waals surface area contributed by atoms with Crippen molar-refractivity contribution in [3.05, 3.63) is 0 Å². The van der Waals surface area contributed by atoms with E-state index in [1.807, 2.05) is 0 Å². The average Bonchev–Trinajstić information content (AvgIpc) is 3.34. The first-order valence-electron chi connectivity index (χ1n) is 8.82. The zero-order chi connectivity index (χ0) is 13.9. The maximum atomic E-state index is 12.9. The minimum atomic E-state index is 0.258. The molecular weight excluding hydrogens is 248 g/mol. The zero-order valence-electron chi connectivity index (χ0n) is 12.9. The van der Waals surface area contributed by atoms with Crippen LogP contribution >= 0.6 is 0 Å². The van der Waals surface area contributed by atoms with Crippen LogP contribution in [-0.2, 0) is 4.79 Å². The molecule has 3 fully saturated rings. The third kappa shape index (κ3) is 3.19. The van der Waals surface area contributed by atoms with Crippen LogP contribution < -0.4 is 5.32 Å². The van der Waals surface area contributed by atoms with Crippen LogP contribution in [0.4, 0.5) is 0 Å². The van der Waals surface area contributed by atoms with Crippen molar-refractivity contribution in [2.75, 3.05) is 13.1 Å². The van der Waals surface area contributed by atoms with Crippen molar-refractivity contribution in [3.8, 4) is 0 Å². The number of piperidine rings is 1. The highest BCUT2D eigenvalue weighted by atomic mass is 16.2. The molecule has 2 aliphatic carbocycles. The summed E-state index contributed by atoms with van der Waals surface area (Å²) in [5, 5.41) is 3.40. The van der Waals surface area contributed by atoms with E-state index in [1.165, 1.54) is 44.9 Å².